The van der Waals surface area contributed by atoms with E-state index < -0.39 is 0 Å². The van der Waals surface area contributed by atoms with E-state index >= 15 is 0 Å². The minimum atomic E-state index is -0.162. The van der Waals surface area contributed by atoms with Crippen LogP contribution in [0.2, 0.25) is 0 Å². The van der Waals surface area contributed by atoms with Crippen LogP contribution < -0.4 is 10.5 Å². The van der Waals surface area contributed by atoms with Crippen LogP contribution in [-0.4, -0.2) is 13.2 Å². The van der Waals surface area contributed by atoms with Crippen molar-refractivity contribution in [1.29, 1.82) is 0 Å². The van der Waals surface area contributed by atoms with Crippen molar-refractivity contribution in [3.8, 4) is 5.75 Å². The molecular formula is C17H19BrFNO. The van der Waals surface area contributed by atoms with Gasteiger partial charge in [-0.15, -0.1) is 0 Å². The second-order valence-electron chi connectivity index (χ2n) is 4.99. The highest BCUT2D eigenvalue weighted by molar-refractivity contribution is 9.10. The van der Waals surface area contributed by atoms with Gasteiger partial charge in [0.15, 0.2) is 0 Å². The van der Waals surface area contributed by atoms with Gasteiger partial charge in [-0.05, 0) is 61.2 Å². The Balaban J connectivity index is 1.82. The van der Waals surface area contributed by atoms with E-state index in [4.69, 9.17) is 10.5 Å². The van der Waals surface area contributed by atoms with E-state index in [2.05, 4.69) is 15.9 Å². The second kappa shape index (κ2) is 8.15. The SMILES string of the molecule is NCC(CCOc1ccc(Br)cc1)Cc1ccccc1F. The Morgan fingerprint density at radius 1 is 1.10 bits per heavy atom. The Hall–Kier alpha value is -1.39. The molecule has 0 amide bonds. The molecule has 2 rings (SSSR count). The maximum Gasteiger partial charge on any atom is 0.126 e. The minimum absolute atomic E-state index is 0.162. The van der Waals surface area contributed by atoms with E-state index in [0.717, 1.165) is 22.2 Å². The Kier molecular flexibility index (Phi) is 6.21. The molecule has 0 aliphatic heterocycles. The van der Waals surface area contributed by atoms with E-state index in [1.54, 1.807) is 6.07 Å². The van der Waals surface area contributed by atoms with Gasteiger partial charge in [-0.2, -0.15) is 0 Å². The third-order valence-corrected chi connectivity index (χ3v) is 3.94. The van der Waals surface area contributed by atoms with Crippen LogP contribution in [0.15, 0.2) is 53.0 Å². The molecule has 0 aliphatic carbocycles. The highest BCUT2D eigenvalue weighted by Gasteiger charge is 2.11. The molecule has 0 bridgehead atoms. The molecule has 21 heavy (non-hydrogen) atoms. The fourth-order valence-electron chi connectivity index (χ4n) is 2.15. The average Bonchev–Trinajstić information content (AvgIpc) is 2.50. The fourth-order valence-corrected chi connectivity index (χ4v) is 2.42. The first-order chi connectivity index (χ1) is 10.2. The number of nitrogens with two attached hydrogens (primary N) is 1. The first-order valence-electron chi connectivity index (χ1n) is 7.01. The Labute approximate surface area is 133 Å². The van der Waals surface area contributed by atoms with Gasteiger partial charge in [0.05, 0.1) is 6.61 Å². The van der Waals surface area contributed by atoms with E-state index in [1.165, 1.54) is 6.07 Å². The zero-order valence-electron chi connectivity index (χ0n) is 11.8. The molecule has 0 heterocycles. The third-order valence-electron chi connectivity index (χ3n) is 3.41. The fraction of sp³-hybridized carbons (Fsp3) is 0.294. The molecule has 2 aromatic rings. The molecule has 0 radical (unpaired) electrons. The standard InChI is InChI=1S/C17H19BrFNO/c18-15-5-7-16(8-6-15)21-10-9-13(12-20)11-14-3-1-2-4-17(14)19/h1-8,13H,9-12,20H2. The molecule has 1 unspecified atom stereocenters. The zero-order chi connectivity index (χ0) is 15.1. The summed E-state index contributed by atoms with van der Waals surface area (Å²) in [6, 6.07) is 14.6. The monoisotopic (exact) mass is 351 g/mol. The van der Waals surface area contributed by atoms with Gasteiger partial charge in [0.1, 0.15) is 11.6 Å². The summed E-state index contributed by atoms with van der Waals surface area (Å²) < 4.78 is 20.3. The van der Waals surface area contributed by atoms with Gasteiger partial charge in [0.25, 0.3) is 0 Å². The van der Waals surface area contributed by atoms with Crippen molar-refractivity contribution in [3.63, 3.8) is 0 Å². The molecule has 4 heteroatoms. The van der Waals surface area contributed by atoms with Gasteiger partial charge in [0.2, 0.25) is 0 Å². The molecule has 0 aliphatic rings. The minimum Gasteiger partial charge on any atom is -0.494 e. The predicted molar refractivity (Wildman–Crippen MR) is 86.9 cm³/mol. The number of rotatable bonds is 7. The highest BCUT2D eigenvalue weighted by Crippen LogP contribution is 2.18. The molecule has 1 atom stereocenters. The number of hydrogen-bond donors (Lipinski definition) is 1. The van der Waals surface area contributed by atoms with Crippen LogP contribution in [0.4, 0.5) is 4.39 Å². The summed E-state index contributed by atoms with van der Waals surface area (Å²) >= 11 is 3.38. The molecule has 2 nitrogen and oxygen atoms in total. The summed E-state index contributed by atoms with van der Waals surface area (Å²) in [5.74, 6) is 0.891. The van der Waals surface area contributed by atoms with Gasteiger partial charge >= 0.3 is 0 Å². The van der Waals surface area contributed by atoms with Crippen LogP contribution in [0, 0.1) is 11.7 Å². The molecule has 0 saturated carbocycles. The lowest BCUT2D eigenvalue weighted by Gasteiger charge is -2.15. The van der Waals surface area contributed by atoms with Crippen LogP contribution in [0.25, 0.3) is 0 Å². The molecule has 2 aromatic carbocycles. The molecule has 2 N–H and O–H groups in total. The normalized spacial score (nSPS) is 12.1. The average molecular weight is 352 g/mol. The topological polar surface area (TPSA) is 35.2 Å². The molecular weight excluding hydrogens is 333 g/mol. The zero-order valence-corrected chi connectivity index (χ0v) is 13.4. The van der Waals surface area contributed by atoms with Gasteiger partial charge in [-0.3, -0.25) is 0 Å². The van der Waals surface area contributed by atoms with Crippen LogP contribution >= 0.6 is 15.9 Å². The highest BCUT2D eigenvalue weighted by atomic mass is 79.9. The maximum absolute atomic E-state index is 13.6. The summed E-state index contributed by atoms with van der Waals surface area (Å²) in [6.45, 7) is 1.11. The second-order valence-corrected chi connectivity index (χ2v) is 5.90. The third kappa shape index (κ3) is 5.14. The van der Waals surface area contributed by atoms with Gasteiger partial charge in [0, 0.05) is 4.47 Å². The van der Waals surface area contributed by atoms with Gasteiger partial charge in [-0.1, -0.05) is 34.1 Å². The largest absolute Gasteiger partial charge is 0.494 e. The Morgan fingerprint density at radius 3 is 2.48 bits per heavy atom. The van der Waals surface area contributed by atoms with Crippen molar-refractivity contribution >= 4 is 15.9 Å². The summed E-state index contributed by atoms with van der Waals surface area (Å²) in [7, 11) is 0. The van der Waals surface area contributed by atoms with Crippen LogP contribution in [-0.2, 0) is 6.42 Å². The number of benzene rings is 2. The first kappa shape index (κ1) is 16.0. The van der Waals surface area contributed by atoms with Gasteiger partial charge in [-0.25, -0.2) is 4.39 Å². The number of hydrogen-bond acceptors (Lipinski definition) is 2. The van der Waals surface area contributed by atoms with E-state index in [1.807, 2.05) is 36.4 Å². The van der Waals surface area contributed by atoms with E-state index in [0.29, 0.717) is 19.6 Å². The van der Waals surface area contributed by atoms with Gasteiger partial charge < -0.3 is 10.5 Å². The smallest absolute Gasteiger partial charge is 0.126 e. The van der Waals surface area contributed by atoms with Crippen molar-refractivity contribution in [3.05, 3.63) is 64.4 Å². The van der Waals surface area contributed by atoms with Crippen LogP contribution in [0.1, 0.15) is 12.0 Å². The van der Waals surface area contributed by atoms with E-state index in [9.17, 15) is 4.39 Å². The maximum atomic E-state index is 13.6. The van der Waals surface area contributed by atoms with E-state index in [-0.39, 0.29) is 11.7 Å². The number of ether oxygens (including phenoxy) is 1. The van der Waals surface area contributed by atoms with Crippen molar-refractivity contribution in [2.75, 3.05) is 13.2 Å². The van der Waals surface area contributed by atoms with Crippen LogP contribution in [0.5, 0.6) is 5.75 Å². The lowest BCUT2D eigenvalue weighted by molar-refractivity contribution is 0.278. The Morgan fingerprint density at radius 2 is 1.81 bits per heavy atom. The van der Waals surface area contributed by atoms with Crippen molar-refractivity contribution in [2.24, 2.45) is 11.7 Å². The molecule has 112 valence electrons. The number of halogens is 2. The molecule has 0 aromatic heterocycles. The predicted octanol–water partition coefficient (Wildman–Crippen LogP) is 4.17. The summed E-state index contributed by atoms with van der Waals surface area (Å²) in [4.78, 5) is 0. The molecule has 0 fully saturated rings. The Bertz CT molecular complexity index is 559. The summed E-state index contributed by atoms with van der Waals surface area (Å²) in [5.41, 5.74) is 6.50. The lowest BCUT2D eigenvalue weighted by atomic mass is 9.96. The molecule has 0 saturated heterocycles. The van der Waals surface area contributed by atoms with Crippen LogP contribution in [0.3, 0.4) is 0 Å². The summed E-state index contributed by atoms with van der Waals surface area (Å²) in [6.07, 6.45) is 1.45. The van der Waals surface area contributed by atoms with Crippen molar-refractivity contribution in [1.82, 2.24) is 0 Å². The lowest BCUT2D eigenvalue weighted by Crippen LogP contribution is -2.20. The van der Waals surface area contributed by atoms with Crippen molar-refractivity contribution < 1.29 is 9.13 Å². The quantitative estimate of drug-likeness (QED) is 0.812. The first-order valence-corrected chi connectivity index (χ1v) is 7.80. The summed E-state index contributed by atoms with van der Waals surface area (Å²) in [5, 5.41) is 0. The molecule has 0 spiro atoms. The van der Waals surface area contributed by atoms with Crippen molar-refractivity contribution in [2.45, 2.75) is 12.8 Å².